The molecule has 0 aliphatic heterocycles. The van der Waals surface area contributed by atoms with Gasteiger partial charge in [-0.2, -0.15) is 5.26 Å². The van der Waals surface area contributed by atoms with Crippen LogP contribution < -0.4 is 5.32 Å². The first-order valence-electron chi connectivity index (χ1n) is 7.98. The molecule has 0 heterocycles. The lowest BCUT2D eigenvalue weighted by atomic mass is 10.1. The van der Waals surface area contributed by atoms with Gasteiger partial charge in [0.05, 0.1) is 11.0 Å². The van der Waals surface area contributed by atoms with Crippen LogP contribution in [0, 0.1) is 22.6 Å². The van der Waals surface area contributed by atoms with Crippen LogP contribution in [-0.4, -0.2) is 37.8 Å². The molecule has 1 unspecified atom stereocenters. The van der Waals surface area contributed by atoms with E-state index >= 15 is 0 Å². The van der Waals surface area contributed by atoms with Gasteiger partial charge >= 0.3 is 0 Å². The van der Waals surface area contributed by atoms with Gasteiger partial charge in [-0.05, 0) is 37.1 Å². The lowest BCUT2D eigenvalue weighted by molar-refractivity contribution is -0.122. The molecule has 6 nitrogen and oxygen atoms in total. The summed E-state index contributed by atoms with van der Waals surface area (Å²) in [6.07, 6.45) is 1.06. The Bertz CT molecular complexity index is 799. The summed E-state index contributed by atoms with van der Waals surface area (Å²) >= 11 is 0. The molecule has 25 heavy (non-hydrogen) atoms. The maximum atomic E-state index is 12.9. The number of nitriles is 1. The minimum atomic E-state index is -3.72. The van der Waals surface area contributed by atoms with Gasteiger partial charge in [-0.15, -0.1) is 0 Å². The number of nitrogens with one attached hydrogen (secondary N) is 1. The molecule has 2 rings (SSSR count). The van der Waals surface area contributed by atoms with E-state index < -0.39 is 21.4 Å². The number of hydrogen-bond donors (Lipinski definition) is 1. The molecule has 0 spiro atoms. The Morgan fingerprint density at radius 1 is 1.36 bits per heavy atom. The normalized spacial score (nSPS) is 21.6. The zero-order valence-electron chi connectivity index (χ0n) is 14.5. The van der Waals surface area contributed by atoms with Gasteiger partial charge in [-0.3, -0.25) is 4.79 Å². The number of carbonyl (C=O) groups is 1. The third-order valence-electron chi connectivity index (χ3n) is 4.68. The predicted octanol–water partition coefficient (Wildman–Crippen LogP) is 2.03. The molecule has 136 valence electrons. The van der Waals surface area contributed by atoms with Gasteiger partial charge in [0.25, 0.3) is 0 Å². The van der Waals surface area contributed by atoms with E-state index in [2.05, 4.69) is 11.4 Å². The molecule has 0 saturated heterocycles. The van der Waals surface area contributed by atoms with Gasteiger partial charge in [-0.25, -0.2) is 17.1 Å². The van der Waals surface area contributed by atoms with Crippen LogP contribution in [0.5, 0.6) is 0 Å². The zero-order valence-corrected chi connectivity index (χ0v) is 15.4. The second-order valence-electron chi connectivity index (χ2n) is 7.01. The number of benzene rings is 1. The average Bonchev–Trinajstić information content (AvgIpc) is 3.08. The number of amides is 1. The largest absolute Gasteiger partial charge is 0.337 e. The van der Waals surface area contributed by atoms with Crippen LogP contribution in [0.1, 0.15) is 33.1 Å². The highest BCUT2D eigenvalue weighted by Crippen LogP contribution is 2.55. The van der Waals surface area contributed by atoms with Crippen LogP contribution in [0.2, 0.25) is 0 Å². The molecule has 1 aliphatic carbocycles. The monoisotopic (exact) mass is 367 g/mol. The van der Waals surface area contributed by atoms with Crippen LogP contribution in [-0.2, 0) is 14.8 Å². The minimum Gasteiger partial charge on any atom is -0.337 e. The summed E-state index contributed by atoms with van der Waals surface area (Å²) in [4.78, 5) is 12.0. The first-order chi connectivity index (χ1) is 11.5. The van der Waals surface area contributed by atoms with Gasteiger partial charge in [0.1, 0.15) is 11.4 Å². The van der Waals surface area contributed by atoms with E-state index in [-0.39, 0.29) is 29.2 Å². The Hall–Kier alpha value is -1.98. The van der Waals surface area contributed by atoms with Crippen molar-refractivity contribution in [3.63, 3.8) is 0 Å². The highest BCUT2D eigenvalue weighted by atomic mass is 32.2. The van der Waals surface area contributed by atoms with E-state index in [1.165, 1.54) is 19.2 Å². The summed E-state index contributed by atoms with van der Waals surface area (Å²) in [5, 5.41) is 12.0. The van der Waals surface area contributed by atoms with E-state index in [1.54, 1.807) is 0 Å². The van der Waals surface area contributed by atoms with Gasteiger partial charge in [-0.1, -0.05) is 13.8 Å². The van der Waals surface area contributed by atoms with E-state index in [4.69, 9.17) is 0 Å². The molecule has 1 N–H and O–H groups in total. The highest BCUT2D eigenvalue weighted by molar-refractivity contribution is 7.89. The topological polar surface area (TPSA) is 90.3 Å². The summed E-state index contributed by atoms with van der Waals surface area (Å²) in [7, 11) is -2.30. The van der Waals surface area contributed by atoms with E-state index in [1.807, 2.05) is 13.8 Å². The fraction of sp³-hybridized carbons (Fsp3) is 0.529. The molecule has 1 atom stereocenters. The van der Waals surface area contributed by atoms with Crippen molar-refractivity contribution < 1.29 is 17.6 Å². The fourth-order valence-electron chi connectivity index (χ4n) is 2.72. The van der Waals surface area contributed by atoms with Crippen LogP contribution >= 0.6 is 0 Å². The quantitative estimate of drug-likeness (QED) is 0.798. The molecular formula is C17H22FN3O3S. The molecule has 1 amide bonds. The standard InChI is InChI=1S/C17H22FN3O3S/c1-16(2)11-17(16,12-19)20-15(22)5-4-10-21(3)25(23,24)14-8-6-13(18)7-9-14/h6-9H,4-5,10-11H2,1-3H3,(H,20,22). The van der Waals surface area contributed by atoms with Crippen molar-refractivity contribution in [2.75, 3.05) is 13.6 Å². The number of nitrogens with zero attached hydrogens (tertiary/aromatic N) is 2. The second kappa shape index (κ2) is 6.73. The molecule has 1 fully saturated rings. The van der Waals surface area contributed by atoms with Crippen LogP contribution in [0.4, 0.5) is 4.39 Å². The fourth-order valence-corrected chi connectivity index (χ4v) is 3.93. The molecule has 0 aromatic heterocycles. The molecule has 8 heteroatoms. The number of carbonyl (C=O) groups excluding carboxylic acids is 1. The van der Waals surface area contributed by atoms with Crippen LogP contribution in [0.25, 0.3) is 0 Å². The SMILES string of the molecule is CN(CCCC(=O)NC1(C#N)CC1(C)C)S(=O)(=O)c1ccc(F)cc1. The second-order valence-corrected chi connectivity index (χ2v) is 9.05. The molecule has 1 aromatic rings. The Morgan fingerprint density at radius 2 is 1.92 bits per heavy atom. The first kappa shape index (κ1) is 19.3. The van der Waals surface area contributed by atoms with Crippen molar-refractivity contribution in [2.45, 2.75) is 43.5 Å². The van der Waals surface area contributed by atoms with Crippen molar-refractivity contribution in [1.29, 1.82) is 5.26 Å². The van der Waals surface area contributed by atoms with Gasteiger partial charge in [0.15, 0.2) is 0 Å². The molecule has 1 aliphatic rings. The average molecular weight is 367 g/mol. The maximum absolute atomic E-state index is 12.9. The van der Waals surface area contributed by atoms with Crippen molar-refractivity contribution in [1.82, 2.24) is 9.62 Å². The molecule has 0 bridgehead atoms. The third kappa shape index (κ3) is 3.99. The van der Waals surface area contributed by atoms with Crippen LogP contribution in [0.3, 0.4) is 0 Å². The Kier molecular flexibility index (Phi) is 5.21. The van der Waals surface area contributed by atoms with E-state index in [0.717, 1.165) is 16.4 Å². The Labute approximate surface area is 147 Å². The predicted molar refractivity (Wildman–Crippen MR) is 90.3 cm³/mol. The van der Waals surface area contributed by atoms with Crippen molar-refractivity contribution >= 4 is 15.9 Å². The number of halogens is 1. The number of hydrogen-bond acceptors (Lipinski definition) is 4. The molecule has 1 aromatic carbocycles. The maximum Gasteiger partial charge on any atom is 0.242 e. The van der Waals surface area contributed by atoms with Crippen molar-refractivity contribution in [3.05, 3.63) is 30.1 Å². The highest BCUT2D eigenvalue weighted by Gasteiger charge is 2.63. The third-order valence-corrected chi connectivity index (χ3v) is 6.55. The smallest absolute Gasteiger partial charge is 0.242 e. The number of rotatable bonds is 7. The first-order valence-corrected chi connectivity index (χ1v) is 9.42. The minimum absolute atomic E-state index is 0.00372. The Morgan fingerprint density at radius 3 is 2.40 bits per heavy atom. The molecule has 0 radical (unpaired) electrons. The number of sulfonamides is 1. The van der Waals surface area contributed by atoms with Crippen molar-refractivity contribution in [2.24, 2.45) is 5.41 Å². The van der Waals surface area contributed by atoms with Gasteiger partial charge < -0.3 is 5.32 Å². The summed E-state index contributed by atoms with van der Waals surface area (Å²) in [5.74, 6) is -0.771. The molecule has 1 saturated carbocycles. The lowest BCUT2D eigenvalue weighted by Gasteiger charge is -2.18. The zero-order chi connectivity index (χ0) is 18.9. The van der Waals surface area contributed by atoms with Gasteiger partial charge in [0, 0.05) is 25.4 Å². The molecular weight excluding hydrogens is 345 g/mol. The Balaban J connectivity index is 1.86. The summed E-state index contributed by atoms with van der Waals surface area (Å²) in [5.41, 5.74) is -1.05. The summed E-state index contributed by atoms with van der Waals surface area (Å²) < 4.78 is 38.7. The van der Waals surface area contributed by atoms with E-state index in [9.17, 15) is 22.9 Å². The van der Waals surface area contributed by atoms with Gasteiger partial charge in [0.2, 0.25) is 15.9 Å². The summed E-state index contributed by atoms with van der Waals surface area (Å²) in [6, 6.07) is 6.75. The lowest BCUT2D eigenvalue weighted by Crippen LogP contribution is -2.39. The van der Waals surface area contributed by atoms with E-state index in [0.29, 0.717) is 12.8 Å². The van der Waals surface area contributed by atoms with Crippen molar-refractivity contribution in [3.8, 4) is 6.07 Å². The van der Waals surface area contributed by atoms with Crippen LogP contribution in [0.15, 0.2) is 29.2 Å². The summed E-state index contributed by atoms with van der Waals surface area (Å²) in [6.45, 7) is 3.98.